The van der Waals surface area contributed by atoms with Gasteiger partial charge in [-0.3, -0.25) is 0 Å². The Labute approximate surface area is 97.0 Å². The Morgan fingerprint density at radius 2 is 1.88 bits per heavy atom. The first-order chi connectivity index (χ1) is 7.70. The van der Waals surface area contributed by atoms with Crippen molar-refractivity contribution in [3.05, 3.63) is 24.0 Å². The topological polar surface area (TPSA) is 29.3 Å². The molecule has 0 bridgehead atoms. The number of halogens is 4. The summed E-state index contributed by atoms with van der Waals surface area (Å²) in [6, 6.07) is 3.19. The number of nitrogens with two attached hydrogens (primary N) is 1. The minimum atomic E-state index is -4.38. The predicted octanol–water partition coefficient (Wildman–Crippen LogP) is 3.19. The summed E-state index contributed by atoms with van der Waals surface area (Å²) in [7, 11) is 0. The highest BCUT2D eigenvalue weighted by Crippen LogP contribution is 2.27. The van der Waals surface area contributed by atoms with Gasteiger partial charge in [-0.05, 0) is 32.0 Å². The van der Waals surface area contributed by atoms with Gasteiger partial charge in [0.1, 0.15) is 12.4 Å². The van der Waals surface area contributed by atoms with Gasteiger partial charge in [0.15, 0.2) is 0 Å². The molecule has 0 heterocycles. The van der Waals surface area contributed by atoms with Gasteiger partial charge in [-0.15, -0.1) is 0 Å². The van der Waals surface area contributed by atoms with Gasteiger partial charge in [-0.1, -0.05) is 0 Å². The summed E-state index contributed by atoms with van der Waals surface area (Å²) < 4.78 is 50.7. The molecule has 2 N–H and O–H groups in total. The molecule has 1 aromatic carbocycles. The summed E-state index contributed by atoms with van der Waals surface area (Å²) in [5.74, 6) is -0.747. The smallest absolute Gasteiger partial charge is 0.399 e. The summed E-state index contributed by atoms with van der Waals surface area (Å²) in [6.45, 7) is 1.95. The lowest BCUT2D eigenvalue weighted by Crippen LogP contribution is -2.39. The van der Waals surface area contributed by atoms with Crippen LogP contribution in [0.2, 0.25) is 0 Å². The molecule has 96 valence electrons. The minimum absolute atomic E-state index is 0.0912. The van der Waals surface area contributed by atoms with E-state index >= 15 is 0 Å². The number of nitrogens with zero attached hydrogens (tertiary/aromatic N) is 1. The van der Waals surface area contributed by atoms with Crippen LogP contribution in [0.4, 0.5) is 28.9 Å². The van der Waals surface area contributed by atoms with E-state index < -0.39 is 24.6 Å². The van der Waals surface area contributed by atoms with Crippen LogP contribution in [0.25, 0.3) is 0 Å². The number of nitrogen functional groups attached to an aromatic ring is 1. The number of hydrogen-bond donors (Lipinski definition) is 1. The molecule has 0 aliphatic heterocycles. The van der Waals surface area contributed by atoms with Gasteiger partial charge >= 0.3 is 6.18 Å². The molecule has 1 rings (SSSR count). The van der Waals surface area contributed by atoms with E-state index in [0.717, 1.165) is 11.0 Å². The number of rotatable bonds is 3. The zero-order chi connectivity index (χ0) is 13.2. The van der Waals surface area contributed by atoms with Gasteiger partial charge in [-0.2, -0.15) is 13.2 Å². The maximum Gasteiger partial charge on any atom is 0.405 e. The fraction of sp³-hybridized carbons (Fsp3) is 0.455. The third-order valence-corrected chi connectivity index (χ3v) is 2.25. The van der Waals surface area contributed by atoms with Crippen molar-refractivity contribution in [1.29, 1.82) is 0 Å². The van der Waals surface area contributed by atoms with E-state index in [2.05, 4.69) is 0 Å². The van der Waals surface area contributed by atoms with Crippen molar-refractivity contribution >= 4 is 11.4 Å². The van der Waals surface area contributed by atoms with E-state index in [1.54, 1.807) is 13.8 Å². The normalized spacial score (nSPS) is 11.9. The van der Waals surface area contributed by atoms with Crippen LogP contribution in [0.1, 0.15) is 13.8 Å². The standard InChI is InChI=1S/C11H14F4N2/c1-7(2)17(6-11(13,14)15)10-4-3-8(16)5-9(10)12/h3-5,7H,6,16H2,1-2H3. The average molecular weight is 250 g/mol. The molecule has 6 heteroatoms. The summed E-state index contributed by atoms with van der Waals surface area (Å²) in [5.41, 5.74) is 5.44. The van der Waals surface area contributed by atoms with Gasteiger partial charge in [0, 0.05) is 11.7 Å². The summed E-state index contributed by atoms with van der Waals surface area (Å²) >= 11 is 0. The molecule has 0 aliphatic rings. The number of benzene rings is 1. The fourth-order valence-corrected chi connectivity index (χ4v) is 1.50. The third kappa shape index (κ3) is 3.80. The summed E-state index contributed by atoms with van der Waals surface area (Å²) in [6.07, 6.45) is -4.38. The number of alkyl halides is 3. The molecule has 0 amide bonds. The van der Waals surface area contributed by atoms with E-state index in [4.69, 9.17) is 5.73 Å². The molecule has 2 nitrogen and oxygen atoms in total. The molecule has 0 spiro atoms. The largest absolute Gasteiger partial charge is 0.405 e. The van der Waals surface area contributed by atoms with Gasteiger partial charge in [0.05, 0.1) is 5.69 Å². The second-order valence-corrected chi connectivity index (χ2v) is 4.05. The van der Waals surface area contributed by atoms with Crippen LogP contribution < -0.4 is 10.6 Å². The quantitative estimate of drug-likeness (QED) is 0.659. The van der Waals surface area contributed by atoms with Crippen molar-refractivity contribution in [2.75, 3.05) is 17.2 Å². The van der Waals surface area contributed by atoms with Gasteiger partial charge in [-0.25, -0.2) is 4.39 Å². The van der Waals surface area contributed by atoms with E-state index in [0.29, 0.717) is 0 Å². The Kier molecular flexibility index (Phi) is 3.85. The monoisotopic (exact) mass is 250 g/mol. The van der Waals surface area contributed by atoms with Crippen molar-refractivity contribution in [1.82, 2.24) is 0 Å². The van der Waals surface area contributed by atoms with E-state index in [1.165, 1.54) is 12.1 Å². The van der Waals surface area contributed by atoms with Crippen LogP contribution >= 0.6 is 0 Å². The maximum atomic E-state index is 13.5. The summed E-state index contributed by atoms with van der Waals surface area (Å²) in [4.78, 5) is 0.953. The van der Waals surface area contributed by atoms with E-state index in [1.807, 2.05) is 0 Å². The first-order valence-corrected chi connectivity index (χ1v) is 5.09. The highest BCUT2D eigenvalue weighted by molar-refractivity contribution is 5.55. The highest BCUT2D eigenvalue weighted by Gasteiger charge is 2.32. The second kappa shape index (κ2) is 4.81. The first-order valence-electron chi connectivity index (χ1n) is 5.09. The molecule has 0 radical (unpaired) electrons. The van der Waals surface area contributed by atoms with Crippen molar-refractivity contribution in [3.8, 4) is 0 Å². The Morgan fingerprint density at radius 1 is 1.29 bits per heavy atom. The highest BCUT2D eigenvalue weighted by atomic mass is 19.4. The van der Waals surface area contributed by atoms with Gasteiger partial charge in [0.25, 0.3) is 0 Å². The minimum Gasteiger partial charge on any atom is -0.399 e. The molecule has 0 aromatic heterocycles. The molecular formula is C11H14F4N2. The van der Waals surface area contributed by atoms with Crippen LogP contribution in [0.3, 0.4) is 0 Å². The van der Waals surface area contributed by atoms with E-state index in [-0.39, 0.29) is 11.4 Å². The average Bonchev–Trinajstić information content (AvgIpc) is 2.13. The third-order valence-electron chi connectivity index (χ3n) is 2.25. The van der Waals surface area contributed by atoms with Crippen LogP contribution in [0.5, 0.6) is 0 Å². The molecule has 0 unspecified atom stereocenters. The van der Waals surface area contributed by atoms with Gasteiger partial charge < -0.3 is 10.6 Å². The van der Waals surface area contributed by atoms with Crippen LogP contribution in [0.15, 0.2) is 18.2 Å². The molecular weight excluding hydrogens is 236 g/mol. The number of anilines is 2. The van der Waals surface area contributed by atoms with Crippen LogP contribution in [-0.2, 0) is 0 Å². The van der Waals surface area contributed by atoms with Crippen molar-refractivity contribution in [2.45, 2.75) is 26.1 Å². The molecule has 0 aliphatic carbocycles. The second-order valence-electron chi connectivity index (χ2n) is 4.05. The van der Waals surface area contributed by atoms with Crippen molar-refractivity contribution < 1.29 is 17.6 Å². The molecule has 17 heavy (non-hydrogen) atoms. The lowest BCUT2D eigenvalue weighted by molar-refractivity contribution is -0.120. The zero-order valence-corrected chi connectivity index (χ0v) is 9.55. The maximum absolute atomic E-state index is 13.5. The molecule has 0 saturated carbocycles. The van der Waals surface area contributed by atoms with Crippen molar-refractivity contribution in [3.63, 3.8) is 0 Å². The summed E-state index contributed by atoms with van der Waals surface area (Å²) in [5, 5.41) is 0. The molecule has 0 saturated heterocycles. The Balaban J connectivity index is 3.06. The molecule has 1 aromatic rings. The van der Waals surface area contributed by atoms with Crippen molar-refractivity contribution in [2.24, 2.45) is 0 Å². The van der Waals surface area contributed by atoms with Gasteiger partial charge in [0.2, 0.25) is 0 Å². The Morgan fingerprint density at radius 3 is 2.29 bits per heavy atom. The Bertz CT molecular complexity index is 388. The lowest BCUT2D eigenvalue weighted by atomic mass is 10.2. The van der Waals surface area contributed by atoms with Crippen LogP contribution in [-0.4, -0.2) is 18.8 Å². The SMILES string of the molecule is CC(C)N(CC(F)(F)F)c1ccc(N)cc1F. The van der Waals surface area contributed by atoms with Crippen LogP contribution in [0, 0.1) is 5.82 Å². The fourth-order valence-electron chi connectivity index (χ4n) is 1.50. The number of hydrogen-bond acceptors (Lipinski definition) is 2. The lowest BCUT2D eigenvalue weighted by Gasteiger charge is -2.30. The first kappa shape index (κ1) is 13.6. The predicted molar refractivity (Wildman–Crippen MR) is 59.3 cm³/mol. The molecule has 0 atom stereocenters. The molecule has 0 fully saturated rings. The Hall–Kier alpha value is -1.46. The van der Waals surface area contributed by atoms with E-state index in [9.17, 15) is 17.6 Å². The zero-order valence-electron chi connectivity index (χ0n) is 9.55.